The third-order valence-electron chi connectivity index (χ3n) is 6.46. The van der Waals surface area contributed by atoms with Crippen molar-refractivity contribution in [3.63, 3.8) is 0 Å². The Morgan fingerprint density at radius 1 is 1.25 bits per heavy atom. The number of ether oxygens (including phenoxy) is 1. The van der Waals surface area contributed by atoms with Gasteiger partial charge in [0.1, 0.15) is 6.10 Å². The van der Waals surface area contributed by atoms with Crippen molar-refractivity contribution in [1.82, 2.24) is 4.90 Å². The number of carbonyl (C=O) groups is 1. The molecule has 1 atom stereocenters. The number of hydrogen-bond donors (Lipinski definition) is 1. The molecule has 0 spiro atoms. The van der Waals surface area contributed by atoms with Gasteiger partial charge in [-0.1, -0.05) is 29.4 Å². The van der Waals surface area contributed by atoms with Gasteiger partial charge in [0.2, 0.25) is 5.91 Å². The summed E-state index contributed by atoms with van der Waals surface area (Å²) in [5.41, 5.74) is 2.84. The maximum Gasteiger partial charge on any atom is 0.229 e. The van der Waals surface area contributed by atoms with E-state index in [9.17, 15) is 9.90 Å². The Kier molecular flexibility index (Phi) is 5.69. The molecule has 1 amide bonds. The normalized spacial score (nSPS) is 25.3. The lowest BCUT2D eigenvalue weighted by Crippen LogP contribution is -2.51. The van der Waals surface area contributed by atoms with Crippen LogP contribution in [0, 0.1) is 12.3 Å². The van der Waals surface area contributed by atoms with E-state index < -0.39 is 5.41 Å². The summed E-state index contributed by atoms with van der Waals surface area (Å²) < 4.78 is 5.57. The molecule has 0 unspecified atom stereocenters. The van der Waals surface area contributed by atoms with Gasteiger partial charge in [-0.3, -0.25) is 4.79 Å². The van der Waals surface area contributed by atoms with Crippen LogP contribution < -0.4 is 0 Å². The SMILES string of the molecule is Cc1ccccc1C1=NO[C@@H](CC2(C(=O)N3CCC(O)CC3)CCOCC2)C1. The molecule has 2 fully saturated rings. The van der Waals surface area contributed by atoms with Crippen LogP contribution in [0.4, 0.5) is 0 Å². The number of hydrogen-bond acceptors (Lipinski definition) is 5. The van der Waals surface area contributed by atoms with E-state index in [1.54, 1.807) is 0 Å². The number of aliphatic hydroxyl groups excluding tert-OH is 1. The van der Waals surface area contributed by atoms with E-state index in [4.69, 9.17) is 9.57 Å². The first-order valence-corrected chi connectivity index (χ1v) is 10.4. The van der Waals surface area contributed by atoms with Crippen LogP contribution in [0.1, 0.15) is 49.7 Å². The van der Waals surface area contributed by atoms with E-state index >= 15 is 0 Å². The molecule has 6 heteroatoms. The molecule has 152 valence electrons. The first kappa shape index (κ1) is 19.4. The number of piperidine rings is 1. The van der Waals surface area contributed by atoms with Gasteiger partial charge >= 0.3 is 0 Å². The minimum atomic E-state index is -0.443. The van der Waals surface area contributed by atoms with Gasteiger partial charge in [-0.25, -0.2) is 0 Å². The maximum absolute atomic E-state index is 13.5. The van der Waals surface area contributed by atoms with Crippen molar-refractivity contribution < 1.29 is 19.5 Å². The molecule has 3 aliphatic heterocycles. The molecule has 0 aromatic heterocycles. The molecule has 1 aromatic carbocycles. The number of rotatable bonds is 4. The summed E-state index contributed by atoms with van der Waals surface area (Å²) in [7, 11) is 0. The molecule has 0 radical (unpaired) electrons. The third-order valence-corrected chi connectivity index (χ3v) is 6.46. The van der Waals surface area contributed by atoms with Crippen molar-refractivity contribution in [2.45, 2.75) is 57.7 Å². The number of carbonyl (C=O) groups excluding carboxylic acids is 1. The summed E-state index contributed by atoms with van der Waals surface area (Å²) in [6.45, 7) is 4.58. The lowest BCUT2D eigenvalue weighted by atomic mass is 9.73. The molecular formula is C22H30N2O4. The van der Waals surface area contributed by atoms with Crippen molar-refractivity contribution >= 4 is 11.6 Å². The number of amides is 1. The summed E-state index contributed by atoms with van der Waals surface area (Å²) in [6, 6.07) is 8.21. The highest BCUT2D eigenvalue weighted by Crippen LogP contribution is 2.40. The van der Waals surface area contributed by atoms with Crippen molar-refractivity contribution in [3.05, 3.63) is 35.4 Å². The van der Waals surface area contributed by atoms with Crippen LogP contribution in [0.15, 0.2) is 29.4 Å². The van der Waals surface area contributed by atoms with Gasteiger partial charge in [0.05, 0.1) is 17.2 Å². The molecule has 2 saturated heterocycles. The fourth-order valence-electron chi connectivity index (χ4n) is 4.70. The summed E-state index contributed by atoms with van der Waals surface area (Å²) in [5, 5.41) is 14.1. The minimum absolute atomic E-state index is 0.0768. The Bertz CT molecular complexity index is 734. The van der Waals surface area contributed by atoms with E-state index in [0.29, 0.717) is 45.6 Å². The van der Waals surface area contributed by atoms with Crippen molar-refractivity contribution in [2.75, 3.05) is 26.3 Å². The molecule has 4 rings (SSSR count). The van der Waals surface area contributed by atoms with E-state index in [0.717, 1.165) is 30.5 Å². The van der Waals surface area contributed by atoms with E-state index in [-0.39, 0.29) is 18.1 Å². The molecule has 28 heavy (non-hydrogen) atoms. The molecule has 0 saturated carbocycles. The summed E-state index contributed by atoms with van der Waals surface area (Å²) in [5.74, 6) is 0.204. The fraction of sp³-hybridized carbons (Fsp3) is 0.636. The number of aliphatic hydroxyl groups is 1. The van der Waals surface area contributed by atoms with Gasteiger partial charge in [0.15, 0.2) is 0 Å². The zero-order valence-corrected chi connectivity index (χ0v) is 16.6. The van der Waals surface area contributed by atoms with Gasteiger partial charge < -0.3 is 19.6 Å². The third kappa shape index (κ3) is 3.94. The second kappa shape index (κ2) is 8.21. The molecule has 6 nitrogen and oxygen atoms in total. The molecule has 0 bridgehead atoms. The fourth-order valence-corrected chi connectivity index (χ4v) is 4.70. The molecule has 1 N–H and O–H groups in total. The highest BCUT2D eigenvalue weighted by molar-refractivity contribution is 6.02. The topological polar surface area (TPSA) is 71.4 Å². The summed E-state index contributed by atoms with van der Waals surface area (Å²) >= 11 is 0. The Labute approximate surface area is 166 Å². The number of benzene rings is 1. The van der Waals surface area contributed by atoms with Gasteiger partial charge in [-0.2, -0.15) is 0 Å². The number of nitrogens with zero attached hydrogens (tertiary/aromatic N) is 2. The van der Waals surface area contributed by atoms with Crippen LogP contribution in [0.5, 0.6) is 0 Å². The van der Waals surface area contributed by atoms with E-state index in [2.05, 4.69) is 24.2 Å². The van der Waals surface area contributed by atoms with Crippen molar-refractivity contribution in [1.29, 1.82) is 0 Å². The zero-order chi connectivity index (χ0) is 19.6. The number of oxime groups is 1. The average molecular weight is 386 g/mol. The van der Waals surface area contributed by atoms with E-state index in [1.165, 1.54) is 5.56 Å². The quantitative estimate of drug-likeness (QED) is 0.864. The first-order valence-electron chi connectivity index (χ1n) is 10.4. The second-order valence-corrected chi connectivity index (χ2v) is 8.40. The van der Waals surface area contributed by atoms with Crippen molar-refractivity contribution in [2.24, 2.45) is 10.6 Å². The smallest absolute Gasteiger partial charge is 0.229 e. The molecule has 3 heterocycles. The van der Waals surface area contributed by atoms with Gasteiger partial charge in [-0.05, 0) is 38.2 Å². The highest BCUT2D eigenvalue weighted by atomic mass is 16.6. The van der Waals surface area contributed by atoms with E-state index in [1.807, 2.05) is 17.0 Å². The van der Waals surface area contributed by atoms with Gasteiger partial charge in [0.25, 0.3) is 0 Å². The zero-order valence-electron chi connectivity index (χ0n) is 16.6. The predicted octanol–water partition coefficient (Wildman–Crippen LogP) is 2.66. The van der Waals surface area contributed by atoms with Crippen LogP contribution in [0.25, 0.3) is 0 Å². The lowest BCUT2D eigenvalue weighted by Gasteiger charge is -2.42. The Balaban J connectivity index is 1.46. The van der Waals surface area contributed by atoms with Gasteiger partial charge in [0, 0.05) is 44.7 Å². The van der Waals surface area contributed by atoms with Crippen molar-refractivity contribution in [3.8, 4) is 0 Å². The molecule has 1 aromatic rings. The predicted molar refractivity (Wildman–Crippen MR) is 106 cm³/mol. The largest absolute Gasteiger partial charge is 0.393 e. The van der Waals surface area contributed by atoms with Crippen LogP contribution in [0.2, 0.25) is 0 Å². The number of aryl methyl sites for hydroxylation is 1. The Hall–Kier alpha value is -1.92. The Morgan fingerprint density at radius 2 is 1.96 bits per heavy atom. The van der Waals surface area contributed by atoms with Gasteiger partial charge in [-0.15, -0.1) is 0 Å². The highest BCUT2D eigenvalue weighted by Gasteiger charge is 2.46. The molecular weight excluding hydrogens is 356 g/mol. The minimum Gasteiger partial charge on any atom is -0.393 e. The average Bonchev–Trinajstić information content (AvgIpc) is 3.17. The summed E-state index contributed by atoms with van der Waals surface area (Å²) in [6.07, 6.45) is 3.84. The van der Waals surface area contributed by atoms with Crippen LogP contribution in [-0.4, -0.2) is 60.1 Å². The molecule has 3 aliphatic rings. The second-order valence-electron chi connectivity index (χ2n) is 8.40. The number of likely N-dealkylation sites (tertiary alicyclic amines) is 1. The Morgan fingerprint density at radius 3 is 2.68 bits per heavy atom. The van der Waals surface area contributed by atoms with Crippen LogP contribution >= 0.6 is 0 Å². The standard InChI is InChI=1S/C22H30N2O4/c1-16-4-2-3-5-19(16)20-14-18(28-23-20)15-22(8-12-27-13-9-22)21(26)24-10-6-17(25)7-11-24/h2-5,17-18,25H,6-15H2,1H3/t18-/m1/s1. The lowest BCUT2D eigenvalue weighted by molar-refractivity contribution is -0.153. The maximum atomic E-state index is 13.5. The first-order chi connectivity index (χ1) is 13.6. The molecule has 0 aliphatic carbocycles. The summed E-state index contributed by atoms with van der Waals surface area (Å²) in [4.78, 5) is 21.2. The monoisotopic (exact) mass is 386 g/mol. The van der Waals surface area contributed by atoms with Crippen LogP contribution in [0.3, 0.4) is 0 Å². The van der Waals surface area contributed by atoms with Crippen LogP contribution in [-0.2, 0) is 14.4 Å².